The number of benzene rings is 1. The first kappa shape index (κ1) is 17.8. The largest absolute Gasteiger partial charge is 0.387 e. The van der Waals surface area contributed by atoms with Gasteiger partial charge in [0.25, 0.3) is 5.91 Å². The lowest BCUT2D eigenvalue weighted by Gasteiger charge is -2.33. The zero-order valence-corrected chi connectivity index (χ0v) is 15.1. The Labute approximate surface area is 150 Å². The number of hydrogen-bond donors (Lipinski definition) is 2. The Morgan fingerprint density at radius 2 is 1.76 bits per heavy atom. The predicted molar refractivity (Wildman–Crippen MR) is 99.6 cm³/mol. The summed E-state index contributed by atoms with van der Waals surface area (Å²) in [5.74, 6) is 0.845. The lowest BCUT2D eigenvalue weighted by Crippen LogP contribution is -2.46. The number of para-hydroxylation sites is 1. The molecule has 0 radical (unpaired) electrons. The third-order valence-electron chi connectivity index (χ3n) is 5.52. The number of amides is 2. The summed E-state index contributed by atoms with van der Waals surface area (Å²) in [6, 6.07) is 7.81. The molecule has 0 unspecified atom stereocenters. The quantitative estimate of drug-likeness (QED) is 0.864. The molecule has 2 aliphatic rings. The molecule has 3 rings (SSSR count). The van der Waals surface area contributed by atoms with Gasteiger partial charge in [-0.3, -0.25) is 9.59 Å². The Morgan fingerprint density at radius 3 is 2.44 bits per heavy atom. The molecule has 0 atom stereocenters. The van der Waals surface area contributed by atoms with Crippen LogP contribution in [0.4, 0.5) is 5.69 Å². The molecule has 1 aromatic carbocycles. The SMILES string of the molecule is CNc1ccccc1C(=O)N1CCC(NC(=O)CC2CCCC2)CC1. The van der Waals surface area contributed by atoms with Gasteiger partial charge >= 0.3 is 0 Å². The second kappa shape index (κ2) is 8.37. The fraction of sp³-hybridized carbons (Fsp3) is 0.600. The minimum absolute atomic E-state index is 0.0701. The summed E-state index contributed by atoms with van der Waals surface area (Å²) in [5, 5.41) is 6.26. The van der Waals surface area contributed by atoms with E-state index < -0.39 is 0 Å². The highest BCUT2D eigenvalue weighted by atomic mass is 16.2. The minimum atomic E-state index is 0.0701. The molecule has 1 heterocycles. The Balaban J connectivity index is 1.48. The molecule has 0 aromatic heterocycles. The van der Waals surface area contributed by atoms with Gasteiger partial charge in [0.2, 0.25) is 5.91 Å². The van der Waals surface area contributed by atoms with Crippen LogP contribution in [0.3, 0.4) is 0 Å². The van der Waals surface area contributed by atoms with Crippen LogP contribution in [-0.4, -0.2) is 42.9 Å². The Kier molecular flexibility index (Phi) is 5.95. The maximum Gasteiger partial charge on any atom is 0.255 e. The second-order valence-electron chi connectivity index (χ2n) is 7.28. The van der Waals surface area contributed by atoms with Crippen molar-refractivity contribution in [1.29, 1.82) is 0 Å². The van der Waals surface area contributed by atoms with Gasteiger partial charge in [-0.05, 0) is 43.7 Å². The molecule has 136 valence electrons. The van der Waals surface area contributed by atoms with Crippen LogP contribution in [0.1, 0.15) is 55.3 Å². The summed E-state index contributed by atoms with van der Waals surface area (Å²) in [7, 11) is 1.83. The molecule has 0 spiro atoms. The Bertz CT molecular complexity index is 603. The fourth-order valence-electron chi connectivity index (χ4n) is 4.05. The van der Waals surface area contributed by atoms with Gasteiger partial charge in [-0.15, -0.1) is 0 Å². The van der Waals surface area contributed by atoms with Crippen molar-refractivity contribution < 1.29 is 9.59 Å². The molecule has 25 heavy (non-hydrogen) atoms. The van der Waals surface area contributed by atoms with Crippen molar-refractivity contribution in [2.45, 2.75) is 51.0 Å². The van der Waals surface area contributed by atoms with Gasteiger partial charge in [0.15, 0.2) is 0 Å². The van der Waals surface area contributed by atoms with Crippen molar-refractivity contribution >= 4 is 17.5 Å². The molecule has 1 saturated carbocycles. The number of nitrogens with zero attached hydrogens (tertiary/aromatic N) is 1. The van der Waals surface area contributed by atoms with Crippen molar-refractivity contribution in [2.75, 3.05) is 25.5 Å². The highest BCUT2D eigenvalue weighted by Gasteiger charge is 2.26. The van der Waals surface area contributed by atoms with Gasteiger partial charge in [-0.1, -0.05) is 25.0 Å². The van der Waals surface area contributed by atoms with E-state index in [1.807, 2.05) is 36.2 Å². The molecule has 1 saturated heterocycles. The second-order valence-corrected chi connectivity index (χ2v) is 7.28. The molecule has 5 heteroatoms. The van der Waals surface area contributed by atoms with Crippen LogP contribution in [0.25, 0.3) is 0 Å². The van der Waals surface area contributed by atoms with Gasteiger partial charge in [0.05, 0.1) is 5.56 Å². The summed E-state index contributed by atoms with van der Waals surface area (Å²) in [4.78, 5) is 26.8. The maximum absolute atomic E-state index is 12.7. The van der Waals surface area contributed by atoms with Crippen molar-refractivity contribution in [1.82, 2.24) is 10.2 Å². The van der Waals surface area contributed by atoms with Crippen molar-refractivity contribution in [2.24, 2.45) is 5.92 Å². The van der Waals surface area contributed by atoms with Crippen molar-refractivity contribution in [3.63, 3.8) is 0 Å². The van der Waals surface area contributed by atoms with Crippen LogP contribution in [0, 0.1) is 5.92 Å². The molecule has 1 aliphatic heterocycles. The number of hydrogen-bond acceptors (Lipinski definition) is 3. The molecule has 1 aliphatic carbocycles. The smallest absolute Gasteiger partial charge is 0.255 e. The highest BCUT2D eigenvalue weighted by molar-refractivity contribution is 5.99. The van der Waals surface area contributed by atoms with Crippen LogP contribution < -0.4 is 10.6 Å². The van der Waals surface area contributed by atoms with Crippen molar-refractivity contribution in [3.05, 3.63) is 29.8 Å². The number of piperidine rings is 1. The Morgan fingerprint density at radius 1 is 1.08 bits per heavy atom. The predicted octanol–water partition coefficient (Wildman–Crippen LogP) is 3.03. The third-order valence-corrected chi connectivity index (χ3v) is 5.52. The average Bonchev–Trinajstić information content (AvgIpc) is 3.14. The van der Waals surface area contributed by atoms with Crippen LogP contribution in [0.2, 0.25) is 0 Å². The topological polar surface area (TPSA) is 61.4 Å². The van der Waals surface area contributed by atoms with Gasteiger partial charge in [0.1, 0.15) is 0 Å². The summed E-state index contributed by atoms with van der Waals surface area (Å²) >= 11 is 0. The van der Waals surface area contributed by atoms with Gasteiger partial charge in [-0.25, -0.2) is 0 Å². The zero-order chi connectivity index (χ0) is 17.6. The van der Waals surface area contributed by atoms with E-state index in [0.717, 1.165) is 18.5 Å². The van der Waals surface area contributed by atoms with E-state index in [1.54, 1.807) is 0 Å². The van der Waals surface area contributed by atoms with Crippen molar-refractivity contribution in [3.8, 4) is 0 Å². The van der Waals surface area contributed by atoms with E-state index in [9.17, 15) is 9.59 Å². The van der Waals surface area contributed by atoms with E-state index in [4.69, 9.17) is 0 Å². The Hall–Kier alpha value is -2.04. The molecule has 2 N–H and O–H groups in total. The number of anilines is 1. The number of carbonyl (C=O) groups is 2. The molecule has 0 bridgehead atoms. The molecular formula is C20H29N3O2. The maximum atomic E-state index is 12.7. The van der Waals surface area contributed by atoms with Gasteiger partial charge in [0, 0.05) is 38.3 Å². The lowest BCUT2D eigenvalue weighted by atomic mass is 10.0. The summed E-state index contributed by atoms with van der Waals surface area (Å²) in [5.41, 5.74) is 1.58. The third kappa shape index (κ3) is 4.53. The first-order valence-electron chi connectivity index (χ1n) is 9.53. The first-order valence-corrected chi connectivity index (χ1v) is 9.53. The standard InChI is InChI=1S/C20H29N3O2/c1-21-18-9-5-4-8-17(18)20(25)23-12-10-16(11-13-23)22-19(24)14-15-6-2-3-7-15/h4-5,8-9,15-16,21H,2-3,6-7,10-14H2,1H3,(H,22,24). The van der Waals surface area contributed by atoms with E-state index in [2.05, 4.69) is 10.6 Å². The van der Waals surface area contributed by atoms with E-state index in [-0.39, 0.29) is 17.9 Å². The minimum Gasteiger partial charge on any atom is -0.387 e. The summed E-state index contributed by atoms with van der Waals surface area (Å²) in [6.07, 6.45) is 7.29. The van der Waals surface area contributed by atoms with Gasteiger partial charge in [-0.2, -0.15) is 0 Å². The van der Waals surface area contributed by atoms with Gasteiger partial charge < -0.3 is 15.5 Å². The molecule has 1 aromatic rings. The number of likely N-dealkylation sites (tertiary alicyclic amines) is 1. The molecule has 2 fully saturated rings. The van der Waals surface area contributed by atoms with Crippen LogP contribution in [0.15, 0.2) is 24.3 Å². The lowest BCUT2D eigenvalue weighted by molar-refractivity contribution is -0.122. The first-order chi connectivity index (χ1) is 12.2. The average molecular weight is 343 g/mol. The summed E-state index contributed by atoms with van der Waals surface area (Å²) in [6.45, 7) is 1.40. The number of carbonyl (C=O) groups excluding carboxylic acids is 2. The van der Waals surface area contributed by atoms with E-state index >= 15 is 0 Å². The monoisotopic (exact) mass is 343 g/mol. The zero-order valence-electron chi connectivity index (χ0n) is 15.1. The van der Waals surface area contributed by atoms with E-state index in [0.29, 0.717) is 31.0 Å². The van der Waals surface area contributed by atoms with Crippen LogP contribution >= 0.6 is 0 Å². The van der Waals surface area contributed by atoms with Crippen LogP contribution in [0.5, 0.6) is 0 Å². The molecule has 5 nitrogen and oxygen atoms in total. The summed E-state index contributed by atoms with van der Waals surface area (Å²) < 4.78 is 0. The fourth-order valence-corrected chi connectivity index (χ4v) is 4.05. The van der Waals surface area contributed by atoms with Crippen LogP contribution in [-0.2, 0) is 4.79 Å². The number of rotatable bonds is 5. The highest BCUT2D eigenvalue weighted by Crippen LogP contribution is 2.27. The molecule has 2 amide bonds. The number of nitrogens with one attached hydrogen (secondary N) is 2. The molecular weight excluding hydrogens is 314 g/mol. The normalized spacial score (nSPS) is 19.0. The van der Waals surface area contributed by atoms with E-state index in [1.165, 1.54) is 25.7 Å².